The van der Waals surface area contributed by atoms with Gasteiger partial charge in [0.1, 0.15) is 0 Å². The first kappa shape index (κ1) is 21.2. The fourth-order valence-corrected chi connectivity index (χ4v) is 2.48. The number of hydroxylamine groups is 1. The van der Waals surface area contributed by atoms with Crippen molar-refractivity contribution in [2.24, 2.45) is 0 Å². The molecule has 0 bridgehead atoms. The number of ether oxygens (including phenoxy) is 2. The zero-order valence-corrected chi connectivity index (χ0v) is 16.5. The van der Waals surface area contributed by atoms with Gasteiger partial charge in [-0.05, 0) is 63.6 Å². The molecule has 7 heteroatoms. The Bertz CT molecular complexity index is 816. The molecule has 2 amide bonds. The Kier molecular flexibility index (Phi) is 7.40. The monoisotopic (exact) mass is 386 g/mol. The molecule has 150 valence electrons. The molecule has 0 aromatic heterocycles. The van der Waals surface area contributed by atoms with E-state index < -0.39 is 5.91 Å². The van der Waals surface area contributed by atoms with Crippen LogP contribution in [0.4, 0.5) is 5.69 Å². The predicted molar refractivity (Wildman–Crippen MR) is 106 cm³/mol. The molecule has 0 atom stereocenters. The van der Waals surface area contributed by atoms with E-state index in [0.29, 0.717) is 28.3 Å². The van der Waals surface area contributed by atoms with Gasteiger partial charge in [-0.15, -0.1) is 0 Å². The van der Waals surface area contributed by atoms with Crippen molar-refractivity contribution in [3.05, 3.63) is 53.6 Å². The summed E-state index contributed by atoms with van der Waals surface area (Å²) < 4.78 is 11.5. The first-order valence-electron chi connectivity index (χ1n) is 9.09. The van der Waals surface area contributed by atoms with Crippen LogP contribution in [0.15, 0.2) is 42.5 Å². The van der Waals surface area contributed by atoms with E-state index in [1.54, 1.807) is 47.9 Å². The van der Waals surface area contributed by atoms with Crippen molar-refractivity contribution < 1.29 is 24.3 Å². The maximum absolute atomic E-state index is 12.6. The van der Waals surface area contributed by atoms with Crippen LogP contribution in [0.5, 0.6) is 11.5 Å². The highest BCUT2D eigenvalue weighted by Gasteiger charge is 2.14. The zero-order valence-electron chi connectivity index (χ0n) is 16.5. The number of anilines is 1. The van der Waals surface area contributed by atoms with Gasteiger partial charge in [0, 0.05) is 11.3 Å². The number of rotatable bonds is 8. The van der Waals surface area contributed by atoms with Gasteiger partial charge in [0.2, 0.25) is 5.91 Å². The third-order valence-corrected chi connectivity index (χ3v) is 3.63. The number of carbonyl (C=O) groups is 2. The van der Waals surface area contributed by atoms with Crippen molar-refractivity contribution in [1.82, 2.24) is 5.48 Å². The highest BCUT2D eigenvalue weighted by Crippen LogP contribution is 2.30. The molecule has 0 radical (unpaired) electrons. The number of hydrogen-bond acceptors (Lipinski definition) is 5. The molecule has 0 saturated heterocycles. The molecule has 2 aromatic rings. The van der Waals surface area contributed by atoms with Crippen molar-refractivity contribution in [2.75, 3.05) is 5.32 Å². The molecular formula is C21H26N2O5. The molecule has 0 aliphatic heterocycles. The van der Waals surface area contributed by atoms with Gasteiger partial charge in [-0.3, -0.25) is 14.8 Å². The van der Waals surface area contributed by atoms with Crippen LogP contribution < -0.4 is 20.3 Å². The summed E-state index contributed by atoms with van der Waals surface area (Å²) in [5, 5.41) is 11.4. The molecule has 0 aliphatic rings. The van der Waals surface area contributed by atoms with E-state index >= 15 is 0 Å². The Labute approximate surface area is 164 Å². The summed E-state index contributed by atoms with van der Waals surface area (Å²) in [5.74, 6) is 0.317. The third kappa shape index (κ3) is 6.28. The lowest BCUT2D eigenvalue weighted by Gasteiger charge is -2.18. The van der Waals surface area contributed by atoms with Crippen molar-refractivity contribution >= 4 is 17.5 Å². The van der Waals surface area contributed by atoms with Crippen LogP contribution in [0.2, 0.25) is 0 Å². The average Bonchev–Trinajstić information content (AvgIpc) is 2.63. The normalized spacial score (nSPS) is 10.7. The van der Waals surface area contributed by atoms with Gasteiger partial charge < -0.3 is 14.8 Å². The van der Waals surface area contributed by atoms with E-state index in [4.69, 9.17) is 14.7 Å². The molecule has 0 unspecified atom stereocenters. The summed E-state index contributed by atoms with van der Waals surface area (Å²) in [4.78, 5) is 23.8. The van der Waals surface area contributed by atoms with Crippen molar-refractivity contribution in [3.8, 4) is 11.5 Å². The summed E-state index contributed by atoms with van der Waals surface area (Å²) in [6, 6.07) is 11.9. The fraction of sp³-hybridized carbons (Fsp3) is 0.333. The molecule has 2 rings (SSSR count). The summed E-state index contributed by atoms with van der Waals surface area (Å²) in [7, 11) is 0. The second kappa shape index (κ2) is 9.75. The minimum Gasteiger partial charge on any atom is -0.487 e. The Hall–Kier alpha value is -3.06. The Balaban J connectivity index is 2.13. The first-order chi connectivity index (χ1) is 13.3. The fourth-order valence-electron chi connectivity index (χ4n) is 2.48. The van der Waals surface area contributed by atoms with Gasteiger partial charge >= 0.3 is 0 Å². The molecule has 0 fully saturated rings. The smallest absolute Gasteiger partial charge is 0.255 e. The van der Waals surface area contributed by atoms with Gasteiger partial charge in [-0.1, -0.05) is 12.1 Å². The average molecular weight is 386 g/mol. The standard InChI is InChI=1S/C21H26N2O5/c1-13(2)27-18-10-7-16(12-19(18)28-14(3)4)21(25)22-17-8-5-15(6-9-17)11-20(24)23-26/h5-10,12-14,26H,11H2,1-4H3,(H,22,25)(H,23,24). The summed E-state index contributed by atoms with van der Waals surface area (Å²) in [6.45, 7) is 7.66. The molecule has 0 spiro atoms. The highest BCUT2D eigenvalue weighted by atomic mass is 16.5. The van der Waals surface area contributed by atoms with Gasteiger partial charge in [-0.2, -0.15) is 0 Å². The van der Waals surface area contributed by atoms with Crippen molar-refractivity contribution in [1.29, 1.82) is 0 Å². The molecule has 0 aliphatic carbocycles. The number of hydrogen-bond donors (Lipinski definition) is 3. The molecule has 0 saturated carbocycles. The van der Waals surface area contributed by atoms with Crippen LogP contribution in [0, 0.1) is 0 Å². The Morgan fingerprint density at radius 2 is 1.54 bits per heavy atom. The maximum Gasteiger partial charge on any atom is 0.255 e. The van der Waals surface area contributed by atoms with E-state index in [1.807, 2.05) is 27.7 Å². The topological polar surface area (TPSA) is 96.9 Å². The molecule has 7 nitrogen and oxygen atoms in total. The van der Waals surface area contributed by atoms with Gasteiger partial charge in [-0.25, -0.2) is 5.48 Å². The van der Waals surface area contributed by atoms with Crippen LogP contribution >= 0.6 is 0 Å². The zero-order chi connectivity index (χ0) is 20.7. The molecule has 28 heavy (non-hydrogen) atoms. The lowest BCUT2D eigenvalue weighted by molar-refractivity contribution is -0.128. The van der Waals surface area contributed by atoms with Gasteiger partial charge in [0.15, 0.2) is 11.5 Å². The second-order valence-electron chi connectivity index (χ2n) is 6.86. The summed E-state index contributed by atoms with van der Waals surface area (Å²) in [5.41, 5.74) is 3.33. The number of amides is 2. The molecule has 3 N–H and O–H groups in total. The van der Waals surface area contributed by atoms with E-state index in [0.717, 1.165) is 0 Å². The van der Waals surface area contributed by atoms with E-state index in [1.165, 1.54) is 0 Å². The second-order valence-corrected chi connectivity index (χ2v) is 6.86. The summed E-state index contributed by atoms with van der Waals surface area (Å²) >= 11 is 0. The lowest BCUT2D eigenvalue weighted by Crippen LogP contribution is -2.20. The molecule has 2 aromatic carbocycles. The Morgan fingerprint density at radius 1 is 0.929 bits per heavy atom. The minimum absolute atomic E-state index is 0.0133. The van der Waals surface area contributed by atoms with Crippen LogP contribution in [0.1, 0.15) is 43.6 Å². The van der Waals surface area contributed by atoms with E-state index in [-0.39, 0.29) is 24.5 Å². The molecular weight excluding hydrogens is 360 g/mol. The highest BCUT2D eigenvalue weighted by molar-refractivity contribution is 6.04. The number of carbonyl (C=O) groups excluding carboxylic acids is 2. The summed E-state index contributed by atoms with van der Waals surface area (Å²) in [6.07, 6.45) is -0.0186. The SMILES string of the molecule is CC(C)Oc1ccc(C(=O)Nc2ccc(CC(=O)NO)cc2)cc1OC(C)C. The number of benzene rings is 2. The van der Waals surface area contributed by atoms with E-state index in [9.17, 15) is 9.59 Å². The van der Waals surface area contributed by atoms with Crippen LogP contribution in [0.3, 0.4) is 0 Å². The molecule has 0 heterocycles. The van der Waals surface area contributed by atoms with Gasteiger partial charge in [0.25, 0.3) is 5.91 Å². The Morgan fingerprint density at radius 3 is 2.11 bits per heavy atom. The van der Waals surface area contributed by atoms with Crippen LogP contribution in [-0.4, -0.2) is 29.2 Å². The van der Waals surface area contributed by atoms with Crippen LogP contribution in [0.25, 0.3) is 0 Å². The largest absolute Gasteiger partial charge is 0.487 e. The quantitative estimate of drug-likeness (QED) is 0.476. The van der Waals surface area contributed by atoms with Gasteiger partial charge in [0.05, 0.1) is 18.6 Å². The van der Waals surface area contributed by atoms with Crippen LogP contribution in [-0.2, 0) is 11.2 Å². The first-order valence-corrected chi connectivity index (χ1v) is 9.09. The maximum atomic E-state index is 12.6. The lowest BCUT2D eigenvalue weighted by atomic mass is 10.1. The minimum atomic E-state index is -0.502. The van der Waals surface area contributed by atoms with Crippen molar-refractivity contribution in [3.63, 3.8) is 0 Å². The number of nitrogens with one attached hydrogen (secondary N) is 2. The van der Waals surface area contributed by atoms with Crippen molar-refractivity contribution in [2.45, 2.75) is 46.3 Å². The van der Waals surface area contributed by atoms with E-state index in [2.05, 4.69) is 5.32 Å². The predicted octanol–water partition coefficient (Wildman–Crippen LogP) is 3.56. The third-order valence-electron chi connectivity index (χ3n) is 3.63.